The molecule has 2 aromatic heterocycles. The Morgan fingerprint density at radius 3 is 2.76 bits per heavy atom. The van der Waals surface area contributed by atoms with Crippen LogP contribution in [0.1, 0.15) is 36.9 Å². The Morgan fingerprint density at radius 1 is 1.20 bits per heavy atom. The number of hydrogen-bond donors (Lipinski definition) is 0. The third-order valence-electron chi connectivity index (χ3n) is 4.86. The number of carbonyl (C=O) groups is 1. The quantitative estimate of drug-likeness (QED) is 0.683. The molecular weight excluding hydrogens is 330 g/mol. The van der Waals surface area contributed by atoms with Crippen molar-refractivity contribution in [2.45, 2.75) is 39.2 Å². The monoisotopic (exact) mass is 351 g/mol. The van der Waals surface area contributed by atoms with Crippen LogP contribution < -0.4 is 4.90 Å². The van der Waals surface area contributed by atoms with E-state index in [4.69, 9.17) is 4.98 Å². The molecule has 3 aromatic rings. The first-order chi connectivity index (χ1) is 12.2. The van der Waals surface area contributed by atoms with Crippen molar-refractivity contribution < 1.29 is 4.79 Å². The number of para-hydroxylation sites is 1. The minimum atomic E-state index is 0.122. The molecule has 0 bridgehead atoms. The fourth-order valence-electron chi connectivity index (χ4n) is 3.48. The lowest BCUT2D eigenvalue weighted by Crippen LogP contribution is -2.35. The van der Waals surface area contributed by atoms with Crippen LogP contribution in [0.2, 0.25) is 0 Å². The van der Waals surface area contributed by atoms with E-state index in [9.17, 15) is 4.79 Å². The number of amides is 1. The summed E-state index contributed by atoms with van der Waals surface area (Å²) in [6.45, 7) is 2.54. The Hall–Kier alpha value is -2.27. The topological polar surface area (TPSA) is 46.1 Å². The normalized spacial score (nSPS) is 14.9. The Balaban J connectivity index is 1.72. The number of carbonyl (C=O) groups excluding carboxylic acids is 1. The summed E-state index contributed by atoms with van der Waals surface area (Å²) in [5.74, 6) is 0.316. The summed E-state index contributed by atoms with van der Waals surface area (Å²) >= 11 is 1.59. The van der Waals surface area contributed by atoms with Gasteiger partial charge in [0, 0.05) is 12.1 Å². The molecule has 0 atom stereocenters. The van der Waals surface area contributed by atoms with Gasteiger partial charge in [-0.2, -0.15) is 0 Å². The smallest absolute Gasteiger partial charge is 0.232 e. The molecule has 1 saturated carbocycles. The number of benzene rings is 1. The molecule has 4 nitrogen and oxygen atoms in total. The highest BCUT2D eigenvalue weighted by Crippen LogP contribution is 2.34. The second kappa shape index (κ2) is 6.92. The van der Waals surface area contributed by atoms with Crippen LogP contribution in [0.15, 0.2) is 42.6 Å². The summed E-state index contributed by atoms with van der Waals surface area (Å²) in [5, 5.41) is 0.784. The lowest BCUT2D eigenvalue weighted by atomic mass is 10.1. The molecule has 0 saturated heterocycles. The van der Waals surface area contributed by atoms with Crippen LogP contribution in [-0.4, -0.2) is 15.9 Å². The molecule has 1 fully saturated rings. The van der Waals surface area contributed by atoms with Crippen molar-refractivity contribution in [2.24, 2.45) is 5.92 Å². The van der Waals surface area contributed by atoms with Gasteiger partial charge in [0.05, 0.1) is 22.5 Å². The number of aryl methyl sites for hydroxylation is 1. The maximum atomic E-state index is 13.2. The predicted molar refractivity (Wildman–Crippen MR) is 102 cm³/mol. The van der Waals surface area contributed by atoms with E-state index >= 15 is 0 Å². The highest BCUT2D eigenvalue weighted by Gasteiger charge is 2.30. The van der Waals surface area contributed by atoms with Gasteiger partial charge in [0.15, 0.2) is 5.13 Å². The molecule has 25 heavy (non-hydrogen) atoms. The molecule has 1 aromatic carbocycles. The number of pyridine rings is 1. The number of fused-ring (bicyclic) bond motifs is 1. The first kappa shape index (κ1) is 16.2. The number of hydrogen-bond acceptors (Lipinski definition) is 4. The van der Waals surface area contributed by atoms with Crippen molar-refractivity contribution in [2.75, 3.05) is 4.90 Å². The number of anilines is 1. The lowest BCUT2D eigenvalue weighted by molar-refractivity contribution is -0.122. The second-order valence-electron chi connectivity index (χ2n) is 6.64. The van der Waals surface area contributed by atoms with Crippen molar-refractivity contribution in [1.29, 1.82) is 0 Å². The number of nitrogens with zero attached hydrogens (tertiary/aromatic N) is 3. The molecule has 0 aliphatic heterocycles. The van der Waals surface area contributed by atoms with Crippen LogP contribution in [0.4, 0.5) is 5.13 Å². The first-order valence-electron chi connectivity index (χ1n) is 8.80. The predicted octanol–water partition coefficient (Wildman–Crippen LogP) is 4.72. The third kappa shape index (κ3) is 3.29. The Morgan fingerprint density at radius 2 is 2.04 bits per heavy atom. The van der Waals surface area contributed by atoms with Gasteiger partial charge in [-0.3, -0.25) is 14.7 Å². The molecular formula is C20H21N3OS. The molecule has 1 amide bonds. The van der Waals surface area contributed by atoms with Crippen LogP contribution in [0.3, 0.4) is 0 Å². The van der Waals surface area contributed by atoms with Gasteiger partial charge in [0.1, 0.15) is 0 Å². The summed E-state index contributed by atoms with van der Waals surface area (Å²) in [6.07, 6.45) is 6.04. The maximum Gasteiger partial charge on any atom is 0.232 e. The van der Waals surface area contributed by atoms with E-state index in [1.807, 2.05) is 29.2 Å². The summed E-state index contributed by atoms with van der Waals surface area (Å²) in [6, 6.07) is 12.0. The van der Waals surface area contributed by atoms with Crippen LogP contribution >= 0.6 is 11.3 Å². The SMILES string of the molecule is Cc1cccc2sc(N(Cc3ccccn3)C(=O)C3CCCC3)nc12. The fraction of sp³-hybridized carbons (Fsp3) is 0.350. The van der Waals surface area contributed by atoms with Crippen molar-refractivity contribution in [3.63, 3.8) is 0 Å². The van der Waals surface area contributed by atoms with Crippen LogP contribution in [-0.2, 0) is 11.3 Å². The lowest BCUT2D eigenvalue weighted by Gasteiger charge is -2.22. The zero-order valence-corrected chi connectivity index (χ0v) is 15.1. The molecule has 1 aliphatic carbocycles. The van der Waals surface area contributed by atoms with Crippen molar-refractivity contribution in [3.05, 3.63) is 53.9 Å². The highest BCUT2D eigenvalue weighted by atomic mass is 32.1. The van der Waals surface area contributed by atoms with Gasteiger partial charge in [0.25, 0.3) is 0 Å². The van der Waals surface area contributed by atoms with E-state index in [0.29, 0.717) is 6.54 Å². The standard InChI is InChI=1S/C20H21N3OS/c1-14-7-6-11-17-18(14)22-20(25-17)23(13-16-10-4-5-12-21-16)19(24)15-8-2-3-9-15/h4-7,10-12,15H,2-3,8-9,13H2,1H3. The zero-order valence-electron chi connectivity index (χ0n) is 14.3. The van der Waals surface area contributed by atoms with Crippen molar-refractivity contribution >= 4 is 32.6 Å². The molecule has 1 aliphatic rings. The summed E-state index contributed by atoms with van der Waals surface area (Å²) < 4.78 is 1.13. The Bertz CT molecular complexity index is 884. The molecule has 2 heterocycles. The summed E-state index contributed by atoms with van der Waals surface area (Å²) in [4.78, 5) is 24.2. The second-order valence-corrected chi connectivity index (χ2v) is 7.65. The number of aromatic nitrogens is 2. The van der Waals surface area contributed by atoms with Gasteiger partial charge in [-0.05, 0) is 43.5 Å². The van der Waals surface area contributed by atoms with E-state index in [-0.39, 0.29) is 11.8 Å². The van der Waals surface area contributed by atoms with Gasteiger partial charge in [-0.25, -0.2) is 4.98 Å². The Kier molecular flexibility index (Phi) is 4.49. The van der Waals surface area contributed by atoms with Gasteiger partial charge in [-0.15, -0.1) is 0 Å². The van der Waals surface area contributed by atoms with Crippen LogP contribution in [0, 0.1) is 12.8 Å². The maximum absolute atomic E-state index is 13.2. The number of rotatable bonds is 4. The van der Waals surface area contributed by atoms with Gasteiger partial charge < -0.3 is 0 Å². The van der Waals surface area contributed by atoms with E-state index in [2.05, 4.69) is 24.0 Å². The molecule has 0 unspecified atom stereocenters. The molecule has 128 valence electrons. The number of thiazole rings is 1. The average molecular weight is 351 g/mol. The third-order valence-corrected chi connectivity index (χ3v) is 5.90. The summed E-state index contributed by atoms with van der Waals surface area (Å²) in [5.41, 5.74) is 3.03. The van der Waals surface area contributed by atoms with Crippen LogP contribution in [0.25, 0.3) is 10.2 Å². The average Bonchev–Trinajstić information content (AvgIpc) is 3.30. The largest absolute Gasteiger partial charge is 0.282 e. The Labute approximate surface area is 151 Å². The minimum Gasteiger partial charge on any atom is -0.282 e. The van der Waals surface area contributed by atoms with Crippen LogP contribution in [0.5, 0.6) is 0 Å². The van der Waals surface area contributed by atoms with E-state index in [0.717, 1.165) is 52.3 Å². The molecule has 0 spiro atoms. The van der Waals surface area contributed by atoms with Crippen molar-refractivity contribution in [1.82, 2.24) is 9.97 Å². The zero-order chi connectivity index (χ0) is 17.2. The van der Waals surface area contributed by atoms with Crippen molar-refractivity contribution in [3.8, 4) is 0 Å². The molecule has 0 N–H and O–H groups in total. The van der Waals surface area contributed by atoms with Gasteiger partial charge in [0.2, 0.25) is 5.91 Å². The fourth-order valence-corrected chi connectivity index (χ4v) is 4.52. The summed E-state index contributed by atoms with van der Waals surface area (Å²) in [7, 11) is 0. The molecule has 0 radical (unpaired) electrons. The highest BCUT2D eigenvalue weighted by molar-refractivity contribution is 7.22. The van der Waals surface area contributed by atoms with E-state index in [1.54, 1.807) is 17.5 Å². The van der Waals surface area contributed by atoms with Gasteiger partial charge >= 0.3 is 0 Å². The molecule has 4 rings (SSSR count). The first-order valence-corrected chi connectivity index (χ1v) is 9.61. The van der Waals surface area contributed by atoms with Gasteiger partial charge in [-0.1, -0.05) is 42.4 Å². The molecule has 5 heteroatoms. The van der Waals surface area contributed by atoms with E-state index in [1.165, 1.54) is 0 Å². The minimum absolute atomic E-state index is 0.122. The van der Waals surface area contributed by atoms with E-state index < -0.39 is 0 Å².